The number of thioether (sulfide) groups is 1. The molecule has 0 spiro atoms. The molecule has 0 bridgehead atoms. The fourth-order valence-electron chi connectivity index (χ4n) is 4.08. The molecule has 0 saturated carbocycles. The average Bonchev–Trinajstić information content (AvgIpc) is 3.47. The quantitative estimate of drug-likeness (QED) is 0.656. The van der Waals surface area contributed by atoms with E-state index in [0.717, 1.165) is 35.3 Å². The Morgan fingerprint density at radius 2 is 2.15 bits per heavy atom. The zero-order valence-electron chi connectivity index (χ0n) is 15.2. The van der Waals surface area contributed by atoms with Crippen LogP contribution < -0.4 is 0 Å². The van der Waals surface area contributed by atoms with Gasteiger partial charge in [-0.2, -0.15) is 0 Å². The summed E-state index contributed by atoms with van der Waals surface area (Å²) in [5.74, 6) is 2.07. The molecule has 2 aliphatic heterocycles. The minimum atomic E-state index is 0.0216. The number of amidine groups is 1. The SMILES string of the molecule is CC[C@@H]1CSC2=N[C@H](c3ccccn3)[C@@H](c3cccn3Cc3ccco3)N21. The van der Waals surface area contributed by atoms with Crippen molar-refractivity contribution >= 4 is 16.9 Å². The lowest BCUT2D eigenvalue weighted by atomic mass is 9.99. The van der Waals surface area contributed by atoms with Crippen LogP contribution in [0.4, 0.5) is 0 Å². The summed E-state index contributed by atoms with van der Waals surface area (Å²) >= 11 is 1.88. The summed E-state index contributed by atoms with van der Waals surface area (Å²) in [4.78, 5) is 12.3. The van der Waals surface area contributed by atoms with Crippen molar-refractivity contribution in [3.8, 4) is 0 Å². The largest absolute Gasteiger partial charge is 0.467 e. The van der Waals surface area contributed by atoms with Crippen LogP contribution in [0.25, 0.3) is 0 Å². The molecule has 5 heterocycles. The Labute approximate surface area is 163 Å². The molecule has 3 aromatic heterocycles. The monoisotopic (exact) mass is 378 g/mol. The summed E-state index contributed by atoms with van der Waals surface area (Å²) in [7, 11) is 0. The van der Waals surface area contributed by atoms with E-state index in [1.165, 1.54) is 5.69 Å². The second kappa shape index (κ2) is 6.93. The van der Waals surface area contributed by atoms with Crippen LogP contribution in [0.3, 0.4) is 0 Å². The predicted molar refractivity (Wildman–Crippen MR) is 108 cm³/mol. The van der Waals surface area contributed by atoms with Crippen molar-refractivity contribution in [2.45, 2.75) is 38.0 Å². The predicted octanol–water partition coefficient (Wildman–Crippen LogP) is 4.50. The van der Waals surface area contributed by atoms with Gasteiger partial charge in [0.15, 0.2) is 5.17 Å². The lowest BCUT2D eigenvalue weighted by molar-refractivity contribution is 0.245. The van der Waals surface area contributed by atoms with Gasteiger partial charge in [0, 0.05) is 29.9 Å². The van der Waals surface area contributed by atoms with Crippen molar-refractivity contribution in [1.29, 1.82) is 0 Å². The second-order valence-corrected chi connectivity index (χ2v) is 7.96. The Bertz CT molecular complexity index is 934. The lowest BCUT2D eigenvalue weighted by Gasteiger charge is -2.32. The van der Waals surface area contributed by atoms with Gasteiger partial charge in [0.2, 0.25) is 0 Å². The summed E-state index contributed by atoms with van der Waals surface area (Å²) in [6.45, 7) is 3.00. The van der Waals surface area contributed by atoms with Crippen LogP contribution >= 0.6 is 11.8 Å². The first-order valence-electron chi connectivity index (χ1n) is 9.42. The molecule has 5 nitrogen and oxygen atoms in total. The summed E-state index contributed by atoms with van der Waals surface area (Å²) in [5, 5.41) is 1.16. The van der Waals surface area contributed by atoms with Gasteiger partial charge in [0.05, 0.1) is 24.5 Å². The van der Waals surface area contributed by atoms with Crippen LogP contribution in [-0.4, -0.2) is 31.4 Å². The van der Waals surface area contributed by atoms with Gasteiger partial charge in [0.1, 0.15) is 11.8 Å². The van der Waals surface area contributed by atoms with Gasteiger partial charge in [-0.05, 0) is 42.8 Å². The van der Waals surface area contributed by atoms with Gasteiger partial charge < -0.3 is 13.9 Å². The minimum absolute atomic E-state index is 0.0216. The number of hydrogen-bond donors (Lipinski definition) is 0. The highest BCUT2D eigenvalue weighted by Gasteiger charge is 2.46. The molecular formula is C21H22N4OS. The van der Waals surface area contributed by atoms with Crippen molar-refractivity contribution in [2.75, 3.05) is 5.75 Å². The highest BCUT2D eigenvalue weighted by atomic mass is 32.2. The van der Waals surface area contributed by atoms with Crippen LogP contribution in [0.5, 0.6) is 0 Å². The van der Waals surface area contributed by atoms with Crippen molar-refractivity contribution in [1.82, 2.24) is 14.5 Å². The van der Waals surface area contributed by atoms with Crippen molar-refractivity contribution in [3.05, 3.63) is 78.3 Å². The first-order valence-corrected chi connectivity index (χ1v) is 10.4. The summed E-state index contributed by atoms with van der Waals surface area (Å²) in [6.07, 6.45) is 6.85. The first-order chi connectivity index (χ1) is 13.3. The Morgan fingerprint density at radius 3 is 2.93 bits per heavy atom. The fourth-order valence-corrected chi connectivity index (χ4v) is 5.42. The number of fused-ring (bicyclic) bond motifs is 1. The Morgan fingerprint density at radius 1 is 1.19 bits per heavy atom. The molecule has 5 rings (SSSR count). The van der Waals surface area contributed by atoms with Crippen LogP contribution in [0.1, 0.15) is 42.6 Å². The van der Waals surface area contributed by atoms with Gasteiger partial charge >= 0.3 is 0 Å². The topological polar surface area (TPSA) is 46.6 Å². The van der Waals surface area contributed by atoms with E-state index in [9.17, 15) is 0 Å². The van der Waals surface area contributed by atoms with E-state index in [1.807, 2.05) is 36.2 Å². The third-order valence-electron chi connectivity index (χ3n) is 5.40. The second-order valence-electron chi connectivity index (χ2n) is 6.98. The molecule has 6 heteroatoms. The third kappa shape index (κ3) is 2.88. The maximum atomic E-state index is 5.59. The zero-order chi connectivity index (χ0) is 18.2. The van der Waals surface area contributed by atoms with E-state index in [-0.39, 0.29) is 12.1 Å². The van der Waals surface area contributed by atoms with Gasteiger partial charge in [-0.25, -0.2) is 0 Å². The third-order valence-corrected chi connectivity index (χ3v) is 6.53. The molecule has 3 atom stereocenters. The molecule has 0 aliphatic carbocycles. The van der Waals surface area contributed by atoms with Crippen LogP contribution in [-0.2, 0) is 6.54 Å². The molecular weight excluding hydrogens is 356 g/mol. The lowest BCUT2D eigenvalue weighted by Crippen LogP contribution is -2.36. The molecule has 27 heavy (non-hydrogen) atoms. The number of pyridine rings is 1. The van der Waals surface area contributed by atoms with Gasteiger partial charge in [-0.15, -0.1) is 0 Å². The highest BCUT2D eigenvalue weighted by Crippen LogP contribution is 2.48. The first kappa shape index (κ1) is 16.7. The van der Waals surface area contributed by atoms with E-state index in [2.05, 4.69) is 51.8 Å². The average molecular weight is 379 g/mol. The summed E-state index contributed by atoms with van der Waals surface area (Å²) < 4.78 is 7.87. The summed E-state index contributed by atoms with van der Waals surface area (Å²) in [6, 6.07) is 15.1. The number of nitrogens with zero attached hydrogens (tertiary/aromatic N) is 4. The van der Waals surface area contributed by atoms with E-state index < -0.39 is 0 Å². The molecule has 2 aliphatic rings. The Hall–Kier alpha value is -2.47. The molecule has 0 unspecified atom stereocenters. The number of rotatable bonds is 5. The van der Waals surface area contributed by atoms with Crippen molar-refractivity contribution in [2.24, 2.45) is 4.99 Å². The van der Waals surface area contributed by atoms with Gasteiger partial charge in [0.25, 0.3) is 0 Å². The number of hydrogen-bond acceptors (Lipinski definition) is 5. The standard InChI is InChI=1S/C21H22N4OS/c1-2-15-14-27-21-23-19(17-8-3-4-10-22-17)20(25(15)21)18-9-5-11-24(18)13-16-7-6-12-26-16/h3-12,15,19-20H,2,13-14H2,1H3/t15-,19-,20-/m1/s1. The smallest absolute Gasteiger partial charge is 0.160 e. The van der Waals surface area contributed by atoms with E-state index in [0.29, 0.717) is 6.04 Å². The van der Waals surface area contributed by atoms with Crippen LogP contribution in [0.15, 0.2) is 70.5 Å². The Kier molecular flexibility index (Phi) is 4.28. The van der Waals surface area contributed by atoms with E-state index >= 15 is 0 Å². The minimum Gasteiger partial charge on any atom is -0.467 e. The molecule has 0 aromatic carbocycles. The number of furan rings is 1. The molecule has 3 aromatic rings. The molecule has 0 amide bonds. The van der Waals surface area contributed by atoms with Crippen LogP contribution in [0.2, 0.25) is 0 Å². The zero-order valence-corrected chi connectivity index (χ0v) is 16.0. The highest BCUT2D eigenvalue weighted by molar-refractivity contribution is 8.14. The molecule has 1 saturated heterocycles. The fraction of sp³-hybridized carbons (Fsp3) is 0.333. The summed E-state index contributed by atoms with van der Waals surface area (Å²) in [5.41, 5.74) is 2.30. The van der Waals surface area contributed by atoms with Crippen molar-refractivity contribution in [3.63, 3.8) is 0 Å². The van der Waals surface area contributed by atoms with Gasteiger partial charge in [-0.1, -0.05) is 24.8 Å². The molecule has 0 N–H and O–H groups in total. The van der Waals surface area contributed by atoms with Crippen LogP contribution in [0, 0.1) is 0 Å². The van der Waals surface area contributed by atoms with Gasteiger partial charge in [-0.3, -0.25) is 9.98 Å². The van der Waals surface area contributed by atoms with E-state index in [1.54, 1.807) is 6.26 Å². The maximum Gasteiger partial charge on any atom is 0.160 e. The Balaban J connectivity index is 1.56. The number of aromatic nitrogens is 2. The van der Waals surface area contributed by atoms with E-state index in [4.69, 9.17) is 9.41 Å². The maximum absolute atomic E-state index is 5.59. The van der Waals surface area contributed by atoms with Crippen molar-refractivity contribution < 1.29 is 4.42 Å². The molecule has 0 radical (unpaired) electrons. The number of aliphatic imine (C=N–C) groups is 1. The normalized spacial score (nSPS) is 24.3. The molecule has 1 fully saturated rings. The molecule has 138 valence electrons.